The highest BCUT2D eigenvalue weighted by Gasteiger charge is 2.27. The summed E-state index contributed by atoms with van der Waals surface area (Å²) >= 11 is 1.79. The lowest BCUT2D eigenvalue weighted by Crippen LogP contribution is -2.51. The predicted octanol–water partition coefficient (Wildman–Crippen LogP) is 2.80. The van der Waals surface area contributed by atoms with Crippen molar-refractivity contribution in [1.29, 1.82) is 0 Å². The van der Waals surface area contributed by atoms with Crippen LogP contribution in [0.1, 0.15) is 24.6 Å². The van der Waals surface area contributed by atoms with E-state index in [1.807, 2.05) is 12.1 Å². The Balaban J connectivity index is 1.71. The maximum absolute atomic E-state index is 11.9. The quantitative estimate of drug-likeness (QED) is 0.608. The zero-order chi connectivity index (χ0) is 17.4. The van der Waals surface area contributed by atoms with E-state index in [1.165, 1.54) is 11.8 Å². The van der Waals surface area contributed by atoms with Gasteiger partial charge in [-0.3, -0.25) is 4.79 Å². The summed E-state index contributed by atoms with van der Waals surface area (Å²) in [6.45, 7) is 1.74. The fraction of sp³-hybridized carbons (Fsp3) is 0.389. The molecule has 2 aromatic rings. The number of rotatable bonds is 9. The van der Waals surface area contributed by atoms with E-state index in [2.05, 4.69) is 22.8 Å². The average molecular weight is 348 g/mol. The number of nitrogens with two attached hydrogens (primary N) is 1. The van der Waals surface area contributed by atoms with Crippen molar-refractivity contribution in [3.05, 3.63) is 46.7 Å². The van der Waals surface area contributed by atoms with Gasteiger partial charge < -0.3 is 20.9 Å². The van der Waals surface area contributed by atoms with Crippen LogP contribution in [0.4, 0.5) is 5.69 Å². The van der Waals surface area contributed by atoms with Gasteiger partial charge >= 0.3 is 0 Å². The van der Waals surface area contributed by atoms with E-state index in [-0.39, 0.29) is 0 Å². The fourth-order valence-corrected chi connectivity index (χ4v) is 2.78. The second-order valence-electron chi connectivity index (χ2n) is 5.94. The Labute approximate surface area is 146 Å². The van der Waals surface area contributed by atoms with Gasteiger partial charge in [0.05, 0.1) is 13.2 Å². The van der Waals surface area contributed by atoms with Crippen LogP contribution in [0.2, 0.25) is 0 Å². The van der Waals surface area contributed by atoms with Crippen molar-refractivity contribution in [2.45, 2.75) is 31.7 Å². The van der Waals surface area contributed by atoms with Crippen LogP contribution in [-0.4, -0.2) is 29.8 Å². The highest BCUT2D eigenvalue weighted by Crippen LogP contribution is 2.17. The number of thiophene rings is 1. The van der Waals surface area contributed by atoms with E-state index in [1.54, 1.807) is 23.5 Å². The van der Waals surface area contributed by atoms with E-state index in [9.17, 15) is 4.79 Å². The summed E-state index contributed by atoms with van der Waals surface area (Å²) in [7, 11) is 0. The first kappa shape index (κ1) is 18.4. The van der Waals surface area contributed by atoms with Gasteiger partial charge in [-0.15, -0.1) is 11.3 Å². The first-order valence-electron chi connectivity index (χ1n) is 7.98. The van der Waals surface area contributed by atoms with Crippen molar-refractivity contribution < 1.29 is 14.6 Å². The molecule has 1 aromatic heterocycles. The van der Waals surface area contributed by atoms with E-state index >= 15 is 0 Å². The van der Waals surface area contributed by atoms with Crippen molar-refractivity contribution in [2.75, 3.05) is 18.5 Å². The maximum Gasteiger partial charge on any atom is 0.246 e. The number of amides is 1. The molecule has 0 radical (unpaired) electrons. The van der Waals surface area contributed by atoms with Gasteiger partial charge in [-0.2, -0.15) is 0 Å². The van der Waals surface area contributed by atoms with Crippen molar-refractivity contribution >= 4 is 22.9 Å². The monoisotopic (exact) mass is 348 g/mol. The van der Waals surface area contributed by atoms with Crippen LogP contribution < -0.4 is 15.8 Å². The molecule has 0 bridgehead atoms. The molecule has 0 aliphatic carbocycles. The molecule has 24 heavy (non-hydrogen) atoms. The minimum absolute atomic E-state index is 0.411. The summed E-state index contributed by atoms with van der Waals surface area (Å²) in [6.07, 6.45) is 3.19. The third-order valence-corrected chi connectivity index (χ3v) is 4.56. The zero-order valence-corrected chi connectivity index (χ0v) is 14.6. The molecule has 1 aromatic carbocycles. The topological polar surface area (TPSA) is 84.6 Å². The van der Waals surface area contributed by atoms with Gasteiger partial charge in [-0.1, -0.05) is 6.07 Å². The van der Waals surface area contributed by atoms with Crippen LogP contribution in [0.25, 0.3) is 0 Å². The Morgan fingerprint density at radius 1 is 1.29 bits per heavy atom. The molecule has 1 atom stereocenters. The molecular weight excluding hydrogens is 324 g/mol. The first-order valence-corrected chi connectivity index (χ1v) is 8.86. The van der Waals surface area contributed by atoms with Crippen molar-refractivity contribution in [2.24, 2.45) is 5.73 Å². The highest BCUT2D eigenvalue weighted by atomic mass is 32.1. The molecule has 0 fully saturated rings. The molecule has 1 heterocycles. The number of nitrogens with one attached hydrogen (secondary N) is 1. The van der Waals surface area contributed by atoms with Gasteiger partial charge in [0.2, 0.25) is 5.91 Å². The number of anilines is 1. The highest BCUT2D eigenvalue weighted by molar-refractivity contribution is 7.09. The minimum atomic E-state index is -1.29. The number of ether oxygens (including phenoxy) is 1. The van der Waals surface area contributed by atoms with Crippen LogP contribution in [0.15, 0.2) is 41.8 Å². The van der Waals surface area contributed by atoms with Gasteiger partial charge in [0.25, 0.3) is 0 Å². The Bertz CT molecular complexity index is 624. The number of carbonyl (C=O) groups excluding carboxylic acids is 1. The molecule has 1 amide bonds. The number of aryl methyl sites for hydroxylation is 1. The smallest absolute Gasteiger partial charge is 0.246 e. The molecule has 130 valence electrons. The molecule has 0 spiro atoms. The molecule has 5 nitrogen and oxygen atoms in total. The molecule has 4 N–H and O–H groups in total. The lowest BCUT2D eigenvalue weighted by molar-refractivity contribution is -0.121. The Kier molecular flexibility index (Phi) is 6.78. The lowest BCUT2D eigenvalue weighted by atomic mass is 10.0. The summed E-state index contributed by atoms with van der Waals surface area (Å²) in [5, 5.41) is 13.9. The van der Waals surface area contributed by atoms with Crippen LogP contribution in [0, 0.1) is 0 Å². The molecule has 6 heteroatoms. The summed E-state index contributed by atoms with van der Waals surface area (Å²) in [5.74, 6) is 0.342. The summed E-state index contributed by atoms with van der Waals surface area (Å²) in [6, 6.07) is 11.4. The first-order chi connectivity index (χ1) is 11.5. The second-order valence-corrected chi connectivity index (χ2v) is 6.97. The van der Waals surface area contributed by atoms with Gasteiger partial charge in [0.1, 0.15) is 11.3 Å². The molecule has 0 saturated carbocycles. The number of aliphatic hydroxyl groups is 1. The van der Waals surface area contributed by atoms with Crippen molar-refractivity contribution in [3.8, 4) is 5.75 Å². The van der Waals surface area contributed by atoms with E-state index < -0.39 is 18.1 Å². The third-order valence-electron chi connectivity index (χ3n) is 3.63. The van der Waals surface area contributed by atoms with Gasteiger partial charge in [-0.25, -0.2) is 0 Å². The normalized spacial score (nSPS) is 13.3. The van der Waals surface area contributed by atoms with E-state index in [0.717, 1.165) is 25.0 Å². The second kappa shape index (κ2) is 8.82. The molecule has 0 aliphatic rings. The van der Waals surface area contributed by atoms with Crippen LogP contribution in [0.5, 0.6) is 5.75 Å². The van der Waals surface area contributed by atoms with Crippen LogP contribution >= 0.6 is 11.3 Å². The Morgan fingerprint density at radius 3 is 2.67 bits per heavy atom. The Morgan fingerprint density at radius 2 is 2.04 bits per heavy atom. The lowest BCUT2D eigenvalue weighted by Gasteiger charge is -2.20. The Hall–Kier alpha value is -1.89. The number of unbranched alkanes of at least 4 members (excludes halogenated alkanes) is 1. The summed E-state index contributed by atoms with van der Waals surface area (Å²) in [4.78, 5) is 13.3. The number of benzene rings is 1. The maximum atomic E-state index is 11.9. The predicted molar refractivity (Wildman–Crippen MR) is 97.5 cm³/mol. The standard InChI is InChI=1S/C18H24N2O3S/c1-18(19,13-21)17(22)20-14-7-9-15(10-8-14)23-11-3-2-5-16-6-4-12-24-16/h4,6-10,12,21H,2-3,5,11,13,19H2,1H3,(H,20,22)/t18-/m0/s1. The van der Waals surface area contributed by atoms with E-state index in [0.29, 0.717) is 12.3 Å². The van der Waals surface area contributed by atoms with Crippen molar-refractivity contribution in [3.63, 3.8) is 0 Å². The van der Waals surface area contributed by atoms with Gasteiger partial charge in [0, 0.05) is 10.6 Å². The molecule has 0 unspecified atom stereocenters. The number of carbonyl (C=O) groups is 1. The molecule has 0 aliphatic heterocycles. The van der Waals surface area contributed by atoms with Gasteiger partial charge in [-0.05, 0) is 61.9 Å². The molecule has 0 saturated heterocycles. The summed E-state index contributed by atoms with van der Waals surface area (Å²) in [5.41, 5.74) is 5.01. The fourth-order valence-electron chi connectivity index (χ4n) is 2.03. The third kappa shape index (κ3) is 5.63. The minimum Gasteiger partial charge on any atom is -0.494 e. The SMILES string of the molecule is C[C@](N)(CO)C(=O)Nc1ccc(OCCCCc2cccs2)cc1. The zero-order valence-electron chi connectivity index (χ0n) is 13.8. The largest absolute Gasteiger partial charge is 0.494 e. The summed E-state index contributed by atoms with van der Waals surface area (Å²) < 4.78 is 5.70. The number of aliphatic hydroxyl groups excluding tert-OH is 1. The number of hydrogen-bond acceptors (Lipinski definition) is 5. The number of hydrogen-bond donors (Lipinski definition) is 3. The van der Waals surface area contributed by atoms with E-state index in [4.69, 9.17) is 15.6 Å². The van der Waals surface area contributed by atoms with Crippen LogP contribution in [-0.2, 0) is 11.2 Å². The average Bonchev–Trinajstić information content (AvgIpc) is 3.09. The van der Waals surface area contributed by atoms with Crippen molar-refractivity contribution in [1.82, 2.24) is 0 Å². The molecule has 2 rings (SSSR count). The van der Waals surface area contributed by atoms with Gasteiger partial charge in [0.15, 0.2) is 0 Å². The molecular formula is C18H24N2O3S. The van der Waals surface area contributed by atoms with Crippen LogP contribution in [0.3, 0.4) is 0 Å².